The third kappa shape index (κ3) is 4.13. The molecule has 1 aromatic carbocycles. The van der Waals surface area contributed by atoms with E-state index in [1.54, 1.807) is 32.0 Å². The van der Waals surface area contributed by atoms with Gasteiger partial charge in [-0.3, -0.25) is 9.69 Å². The minimum atomic E-state index is -0.355. The normalized spacial score (nSPS) is 12.4. The Bertz CT molecular complexity index is 610. The first-order valence-corrected chi connectivity index (χ1v) is 6.64. The molecule has 0 aliphatic rings. The maximum Gasteiger partial charge on any atom is 0.242 e. The van der Waals surface area contributed by atoms with Crippen LogP contribution < -0.4 is 5.32 Å². The van der Waals surface area contributed by atoms with Gasteiger partial charge in [0.2, 0.25) is 5.91 Å². The lowest BCUT2D eigenvalue weighted by Gasteiger charge is -2.23. The monoisotopic (exact) mass is 291 g/mol. The highest BCUT2D eigenvalue weighted by molar-refractivity contribution is 5.93. The maximum absolute atomic E-state index is 12.9. The third-order valence-electron chi connectivity index (χ3n) is 3.27. The van der Waals surface area contributed by atoms with E-state index in [0.29, 0.717) is 18.1 Å². The van der Waals surface area contributed by atoms with Crippen LogP contribution in [0.25, 0.3) is 0 Å². The van der Waals surface area contributed by atoms with Crippen molar-refractivity contribution < 1.29 is 13.7 Å². The second-order valence-corrected chi connectivity index (χ2v) is 5.03. The van der Waals surface area contributed by atoms with Gasteiger partial charge in [-0.1, -0.05) is 17.3 Å². The first-order chi connectivity index (χ1) is 9.95. The van der Waals surface area contributed by atoms with E-state index in [2.05, 4.69) is 10.5 Å². The largest absolute Gasteiger partial charge is 0.360 e. The molecule has 0 aliphatic heterocycles. The van der Waals surface area contributed by atoms with E-state index in [0.717, 1.165) is 5.56 Å². The van der Waals surface area contributed by atoms with Gasteiger partial charge in [-0.05, 0) is 38.6 Å². The number of rotatable bonds is 5. The van der Waals surface area contributed by atoms with E-state index < -0.39 is 0 Å². The van der Waals surface area contributed by atoms with E-state index in [9.17, 15) is 9.18 Å². The number of aromatic nitrogens is 1. The fourth-order valence-corrected chi connectivity index (χ4v) is 1.87. The molecule has 0 aliphatic carbocycles. The predicted octanol–water partition coefficient (Wildman–Crippen LogP) is 2.58. The smallest absolute Gasteiger partial charge is 0.242 e. The number of likely N-dealkylation sites (N-methyl/N-ethyl adjacent to an activating group) is 1. The predicted molar refractivity (Wildman–Crippen MR) is 77.2 cm³/mol. The molecule has 0 saturated carbocycles. The van der Waals surface area contributed by atoms with Gasteiger partial charge in [0.05, 0.1) is 6.04 Å². The van der Waals surface area contributed by atoms with Crippen LogP contribution in [-0.2, 0) is 11.3 Å². The summed E-state index contributed by atoms with van der Waals surface area (Å²) in [5.74, 6) is 0.596. The fourth-order valence-electron chi connectivity index (χ4n) is 1.87. The topological polar surface area (TPSA) is 58.4 Å². The molecule has 0 saturated heterocycles. The Balaban J connectivity index is 1.93. The van der Waals surface area contributed by atoms with Crippen LogP contribution in [0, 0.1) is 12.7 Å². The van der Waals surface area contributed by atoms with Gasteiger partial charge in [0.1, 0.15) is 11.6 Å². The highest BCUT2D eigenvalue weighted by atomic mass is 19.1. The molecule has 1 amide bonds. The number of aryl methyl sites for hydroxylation is 1. The standard InChI is InChI=1S/C15H18FN3O2/c1-10-8-14(18-21-10)17-15(20)11(2)19(3)9-12-4-6-13(16)7-5-12/h4-8,11H,9H2,1-3H3,(H,17,18,20)/t11-/m1/s1. The third-order valence-corrected chi connectivity index (χ3v) is 3.27. The van der Waals surface area contributed by atoms with Crippen molar-refractivity contribution in [2.45, 2.75) is 26.4 Å². The van der Waals surface area contributed by atoms with Crippen LogP contribution in [0.3, 0.4) is 0 Å². The Labute approximate surface area is 122 Å². The molecular weight excluding hydrogens is 273 g/mol. The van der Waals surface area contributed by atoms with Gasteiger partial charge >= 0.3 is 0 Å². The Morgan fingerprint density at radius 1 is 1.43 bits per heavy atom. The van der Waals surface area contributed by atoms with Crippen LogP contribution in [0.2, 0.25) is 0 Å². The van der Waals surface area contributed by atoms with Crippen molar-refractivity contribution >= 4 is 11.7 Å². The number of amides is 1. The number of nitrogens with zero attached hydrogens (tertiary/aromatic N) is 2. The molecule has 0 fully saturated rings. The molecule has 6 heteroatoms. The van der Waals surface area contributed by atoms with E-state index in [-0.39, 0.29) is 17.8 Å². The second-order valence-electron chi connectivity index (χ2n) is 5.03. The van der Waals surface area contributed by atoms with Gasteiger partial charge < -0.3 is 9.84 Å². The van der Waals surface area contributed by atoms with Gasteiger partial charge in [-0.2, -0.15) is 0 Å². The number of carbonyl (C=O) groups is 1. The molecule has 1 aromatic heterocycles. The molecule has 1 heterocycles. The lowest BCUT2D eigenvalue weighted by molar-refractivity contribution is -0.120. The van der Waals surface area contributed by atoms with Crippen LogP contribution in [0.1, 0.15) is 18.2 Å². The molecule has 0 unspecified atom stereocenters. The molecule has 0 spiro atoms. The Kier molecular flexibility index (Phi) is 4.70. The highest BCUT2D eigenvalue weighted by Gasteiger charge is 2.19. The number of hydrogen-bond acceptors (Lipinski definition) is 4. The summed E-state index contributed by atoms with van der Waals surface area (Å²) in [6.45, 7) is 4.10. The summed E-state index contributed by atoms with van der Waals surface area (Å²) in [6.07, 6.45) is 0. The second kappa shape index (κ2) is 6.49. The molecule has 21 heavy (non-hydrogen) atoms. The Morgan fingerprint density at radius 3 is 2.67 bits per heavy atom. The van der Waals surface area contributed by atoms with Crippen molar-refractivity contribution in [3.05, 3.63) is 47.5 Å². The van der Waals surface area contributed by atoms with Crippen LogP contribution in [-0.4, -0.2) is 29.1 Å². The molecule has 2 rings (SSSR count). The zero-order chi connectivity index (χ0) is 15.4. The average molecular weight is 291 g/mol. The minimum Gasteiger partial charge on any atom is -0.360 e. The number of anilines is 1. The molecule has 5 nitrogen and oxygen atoms in total. The summed E-state index contributed by atoms with van der Waals surface area (Å²) >= 11 is 0. The van der Waals surface area contributed by atoms with Crippen molar-refractivity contribution in [1.82, 2.24) is 10.1 Å². The van der Waals surface area contributed by atoms with E-state index in [4.69, 9.17) is 4.52 Å². The van der Waals surface area contributed by atoms with Crippen LogP contribution in [0.5, 0.6) is 0 Å². The van der Waals surface area contributed by atoms with E-state index >= 15 is 0 Å². The minimum absolute atomic E-state index is 0.173. The lowest BCUT2D eigenvalue weighted by Crippen LogP contribution is -2.39. The zero-order valence-corrected chi connectivity index (χ0v) is 12.3. The summed E-state index contributed by atoms with van der Waals surface area (Å²) in [7, 11) is 1.83. The molecule has 112 valence electrons. The maximum atomic E-state index is 12.9. The SMILES string of the molecule is Cc1cc(NC(=O)[C@@H](C)N(C)Cc2ccc(F)cc2)no1. The number of halogens is 1. The number of benzene rings is 1. The first kappa shape index (κ1) is 15.2. The van der Waals surface area contributed by atoms with Crippen LogP contribution in [0.4, 0.5) is 10.2 Å². The molecular formula is C15H18FN3O2. The summed E-state index contributed by atoms with van der Waals surface area (Å²) in [5, 5.41) is 6.42. The Morgan fingerprint density at radius 2 is 2.10 bits per heavy atom. The van der Waals surface area contributed by atoms with Crippen molar-refractivity contribution in [2.24, 2.45) is 0 Å². The number of nitrogens with one attached hydrogen (secondary N) is 1. The van der Waals surface area contributed by atoms with Gasteiger partial charge in [0.15, 0.2) is 5.82 Å². The van der Waals surface area contributed by atoms with Crippen molar-refractivity contribution in [1.29, 1.82) is 0 Å². The molecule has 2 aromatic rings. The lowest BCUT2D eigenvalue weighted by atomic mass is 10.2. The summed E-state index contributed by atoms with van der Waals surface area (Å²) < 4.78 is 17.8. The fraction of sp³-hybridized carbons (Fsp3) is 0.333. The zero-order valence-electron chi connectivity index (χ0n) is 12.3. The van der Waals surface area contributed by atoms with Crippen molar-refractivity contribution in [3.8, 4) is 0 Å². The van der Waals surface area contributed by atoms with Gasteiger partial charge in [0, 0.05) is 12.6 Å². The summed E-state index contributed by atoms with van der Waals surface area (Å²) in [5.41, 5.74) is 0.941. The van der Waals surface area contributed by atoms with Gasteiger partial charge in [0.25, 0.3) is 0 Å². The van der Waals surface area contributed by atoms with E-state index in [1.165, 1.54) is 12.1 Å². The summed E-state index contributed by atoms with van der Waals surface area (Å²) in [6, 6.07) is 7.53. The van der Waals surface area contributed by atoms with E-state index in [1.807, 2.05) is 11.9 Å². The molecule has 1 N–H and O–H groups in total. The van der Waals surface area contributed by atoms with Crippen molar-refractivity contribution in [3.63, 3.8) is 0 Å². The molecule has 1 atom stereocenters. The number of hydrogen-bond donors (Lipinski definition) is 1. The first-order valence-electron chi connectivity index (χ1n) is 6.64. The van der Waals surface area contributed by atoms with Crippen LogP contribution in [0.15, 0.2) is 34.9 Å². The molecule has 0 radical (unpaired) electrons. The summed E-state index contributed by atoms with van der Waals surface area (Å²) in [4.78, 5) is 14.0. The Hall–Kier alpha value is -2.21. The average Bonchev–Trinajstić information content (AvgIpc) is 2.85. The van der Waals surface area contributed by atoms with Crippen molar-refractivity contribution in [2.75, 3.05) is 12.4 Å². The van der Waals surface area contributed by atoms with Gasteiger partial charge in [-0.15, -0.1) is 0 Å². The van der Waals surface area contributed by atoms with Crippen LogP contribution >= 0.6 is 0 Å². The quantitative estimate of drug-likeness (QED) is 0.920. The highest BCUT2D eigenvalue weighted by Crippen LogP contribution is 2.11. The number of carbonyl (C=O) groups excluding carboxylic acids is 1. The molecule has 0 bridgehead atoms. The van der Waals surface area contributed by atoms with Gasteiger partial charge in [-0.25, -0.2) is 4.39 Å².